The van der Waals surface area contributed by atoms with Crippen LogP contribution in [0.2, 0.25) is 0 Å². The molecule has 1 aliphatic rings. The Morgan fingerprint density at radius 2 is 1.22 bits per heavy atom. The molecule has 0 aliphatic heterocycles. The van der Waals surface area contributed by atoms with Crippen molar-refractivity contribution in [1.29, 1.82) is 0 Å². The van der Waals surface area contributed by atoms with Gasteiger partial charge >= 0.3 is 0 Å². The number of hydrogen-bond acceptors (Lipinski definition) is 1. The van der Waals surface area contributed by atoms with Crippen molar-refractivity contribution in [1.82, 2.24) is 0 Å². The highest BCUT2D eigenvalue weighted by atomic mass is 16.3. The first-order chi connectivity index (χ1) is 24.3. The minimum Gasteiger partial charge on any atom is -0.455 e. The lowest BCUT2D eigenvalue weighted by Gasteiger charge is -2.22. The number of furan rings is 1. The van der Waals surface area contributed by atoms with E-state index in [1.54, 1.807) is 0 Å². The second-order valence-corrected chi connectivity index (χ2v) is 13.6. The highest BCUT2D eigenvalue weighted by molar-refractivity contribution is 6.18. The Balaban J connectivity index is 1.35. The summed E-state index contributed by atoms with van der Waals surface area (Å²) in [5.41, 5.74) is 12.1. The van der Waals surface area contributed by atoms with Gasteiger partial charge in [-0.2, -0.15) is 0 Å². The summed E-state index contributed by atoms with van der Waals surface area (Å²) in [6.07, 6.45) is 4.12. The van der Waals surface area contributed by atoms with Crippen LogP contribution in [0.3, 0.4) is 0 Å². The summed E-state index contributed by atoms with van der Waals surface area (Å²) < 4.78 is 6.59. The fourth-order valence-electron chi connectivity index (χ4n) is 7.73. The molecule has 1 heteroatoms. The molecule has 7 aromatic rings. The Hall–Kier alpha value is -6.18. The molecule has 0 N–H and O–H groups in total. The van der Waals surface area contributed by atoms with Gasteiger partial charge in [0.05, 0.1) is 0 Å². The van der Waals surface area contributed by atoms with Crippen LogP contribution in [-0.2, 0) is 5.41 Å². The van der Waals surface area contributed by atoms with E-state index in [2.05, 4.69) is 142 Å². The number of allylic oxidation sites excluding steroid dienone is 4. The maximum atomic E-state index is 6.59. The van der Waals surface area contributed by atoms with Crippen molar-refractivity contribution < 1.29 is 4.42 Å². The smallest absolute Gasteiger partial charge is 0.143 e. The van der Waals surface area contributed by atoms with E-state index in [9.17, 15) is 0 Å². The minimum atomic E-state index is -0.326. The molecule has 0 fully saturated rings. The summed E-state index contributed by atoms with van der Waals surface area (Å²) in [6, 6.07) is 46.5. The topological polar surface area (TPSA) is 13.1 Å². The number of rotatable bonds is 5. The maximum absolute atomic E-state index is 6.59. The molecule has 6 aromatic carbocycles. The van der Waals surface area contributed by atoms with Crippen LogP contribution >= 0.6 is 0 Å². The van der Waals surface area contributed by atoms with Crippen LogP contribution in [0, 0.1) is 0 Å². The molecule has 0 saturated heterocycles. The standard InChI is InChI=1S/C49H38O/c1-7-34-18-12-13-20-37(34)32(3)38-21-11-9-8-10-19-36(39-22-14-15-23-40(38)39)31(2)30-44-33(4)49(5,6)47-42(44)28-26-35-27-29-43-41-24-16-17-25-45(41)50-48(43)46(35)47/h7-30H,1-4H2,5-6H3/b9-8?,10-8?,11-9?,19-10?,21-11?,36-19?,38-21?,39-36?,40-38?,44-30+. The fraction of sp³-hybridized carbons (Fsp3) is 0.0612. The van der Waals surface area contributed by atoms with Gasteiger partial charge in [0.2, 0.25) is 0 Å². The highest BCUT2D eigenvalue weighted by Gasteiger charge is 2.39. The fourth-order valence-corrected chi connectivity index (χ4v) is 7.73. The summed E-state index contributed by atoms with van der Waals surface area (Å²) in [6.45, 7) is 22.6. The molecule has 0 amide bonds. The first-order valence-corrected chi connectivity index (χ1v) is 17.0. The van der Waals surface area contributed by atoms with Gasteiger partial charge in [0, 0.05) is 21.6 Å². The van der Waals surface area contributed by atoms with Gasteiger partial charge in [0.25, 0.3) is 0 Å². The summed E-state index contributed by atoms with van der Waals surface area (Å²) >= 11 is 0. The average molecular weight is 643 g/mol. The molecule has 1 aromatic heterocycles. The van der Waals surface area contributed by atoms with Crippen LogP contribution in [0.25, 0.3) is 66.3 Å². The number of hydrogen-bond donors (Lipinski definition) is 0. The minimum absolute atomic E-state index is 0.326. The maximum Gasteiger partial charge on any atom is 0.143 e. The van der Waals surface area contributed by atoms with E-state index in [-0.39, 0.29) is 5.41 Å². The van der Waals surface area contributed by atoms with Crippen molar-refractivity contribution in [3.8, 4) is 0 Å². The van der Waals surface area contributed by atoms with Crippen molar-refractivity contribution in [3.63, 3.8) is 0 Å². The third kappa shape index (κ3) is 4.85. The predicted molar refractivity (Wildman–Crippen MR) is 217 cm³/mol. The van der Waals surface area contributed by atoms with Crippen LogP contribution in [-0.4, -0.2) is 0 Å². The Labute approximate surface area is 293 Å². The molecule has 0 radical (unpaired) electrons. The van der Waals surface area contributed by atoms with Crippen molar-refractivity contribution in [3.05, 3.63) is 205 Å². The molecule has 0 unspecified atom stereocenters. The molecule has 0 atom stereocenters. The Morgan fingerprint density at radius 3 is 1.98 bits per heavy atom. The van der Waals surface area contributed by atoms with Gasteiger partial charge in [-0.25, -0.2) is 0 Å². The predicted octanol–water partition coefficient (Wildman–Crippen LogP) is 13.7. The molecule has 0 spiro atoms. The van der Waals surface area contributed by atoms with Gasteiger partial charge in [-0.1, -0.05) is 168 Å². The zero-order chi connectivity index (χ0) is 34.6. The van der Waals surface area contributed by atoms with E-state index < -0.39 is 0 Å². The van der Waals surface area contributed by atoms with Gasteiger partial charge in [0.15, 0.2) is 0 Å². The van der Waals surface area contributed by atoms with Crippen molar-refractivity contribution >= 4 is 66.3 Å². The molecular weight excluding hydrogens is 605 g/mol. The van der Waals surface area contributed by atoms with E-state index >= 15 is 0 Å². The second-order valence-electron chi connectivity index (χ2n) is 13.6. The van der Waals surface area contributed by atoms with Crippen LogP contribution in [0.15, 0.2) is 176 Å². The third-order valence-electron chi connectivity index (χ3n) is 10.4. The van der Waals surface area contributed by atoms with Gasteiger partial charge in [-0.3, -0.25) is 0 Å². The van der Waals surface area contributed by atoms with Crippen LogP contribution in [0.1, 0.15) is 47.2 Å². The van der Waals surface area contributed by atoms with E-state index in [1.165, 1.54) is 11.1 Å². The quantitative estimate of drug-likeness (QED) is 0.182. The molecule has 1 aliphatic carbocycles. The molecule has 1 heterocycles. The number of para-hydroxylation sites is 1. The zero-order valence-corrected chi connectivity index (χ0v) is 28.6. The summed E-state index contributed by atoms with van der Waals surface area (Å²) in [4.78, 5) is 0. The molecule has 1 nitrogen and oxygen atoms in total. The lowest BCUT2D eigenvalue weighted by molar-refractivity contribution is 0.658. The van der Waals surface area contributed by atoms with Crippen molar-refractivity contribution in [2.24, 2.45) is 0 Å². The Kier molecular flexibility index (Phi) is 7.50. The van der Waals surface area contributed by atoms with E-state index in [0.717, 1.165) is 88.0 Å². The number of fused-ring (bicyclic) bond motifs is 8. The molecule has 8 rings (SSSR count). The van der Waals surface area contributed by atoms with Gasteiger partial charge in [-0.05, 0) is 90.0 Å². The van der Waals surface area contributed by atoms with E-state index in [0.29, 0.717) is 0 Å². The molecule has 240 valence electrons. The summed E-state index contributed by atoms with van der Waals surface area (Å²) in [7, 11) is 0. The van der Waals surface area contributed by atoms with Gasteiger partial charge in [-0.15, -0.1) is 0 Å². The van der Waals surface area contributed by atoms with E-state index in [1.807, 2.05) is 30.3 Å². The highest BCUT2D eigenvalue weighted by Crippen LogP contribution is 2.53. The van der Waals surface area contributed by atoms with Gasteiger partial charge < -0.3 is 4.42 Å². The van der Waals surface area contributed by atoms with Crippen molar-refractivity contribution in [2.45, 2.75) is 19.3 Å². The van der Waals surface area contributed by atoms with Crippen molar-refractivity contribution in [2.75, 3.05) is 0 Å². The Bertz CT molecular complexity index is 2690. The first-order valence-electron chi connectivity index (χ1n) is 17.0. The Morgan fingerprint density at radius 1 is 0.620 bits per heavy atom. The van der Waals surface area contributed by atoms with Crippen LogP contribution in [0.5, 0.6) is 0 Å². The molecular formula is C49H38O. The normalized spacial score (nSPS) is 14.3. The molecule has 0 bridgehead atoms. The lowest BCUT2D eigenvalue weighted by Crippen LogP contribution is -2.15. The SMILES string of the molecule is C=Cc1ccccc1C(=C)c1ccccccc(C(=C)/C=C2\C(=C)C(C)(C)c3c2ccc2ccc4c5ccccc5oc4c32)c2ccccc12. The molecule has 0 saturated carbocycles. The first kappa shape index (κ1) is 31.1. The van der Waals surface area contributed by atoms with Crippen LogP contribution in [0.4, 0.5) is 0 Å². The zero-order valence-electron chi connectivity index (χ0n) is 28.6. The van der Waals surface area contributed by atoms with Crippen LogP contribution < -0.4 is 0 Å². The number of benzene rings is 5. The van der Waals surface area contributed by atoms with E-state index in [4.69, 9.17) is 17.6 Å². The lowest BCUT2D eigenvalue weighted by atomic mass is 9.80. The van der Waals surface area contributed by atoms with Gasteiger partial charge in [0.1, 0.15) is 11.2 Å². The third-order valence-corrected chi connectivity index (χ3v) is 10.4. The average Bonchev–Trinajstić information content (AvgIpc) is 3.61. The summed E-state index contributed by atoms with van der Waals surface area (Å²) in [5.74, 6) is 0. The molecule has 50 heavy (non-hydrogen) atoms. The monoisotopic (exact) mass is 642 g/mol. The summed E-state index contributed by atoms with van der Waals surface area (Å²) in [5, 5.41) is 6.76. The largest absolute Gasteiger partial charge is 0.455 e. The second kappa shape index (κ2) is 12.1.